The SMILES string of the molecule is COc1ccccc1C(CNCC(C)C)C1CCCC1. The Bertz CT molecular complexity index is 396. The number of para-hydroxylation sites is 1. The molecule has 1 saturated carbocycles. The highest BCUT2D eigenvalue weighted by Crippen LogP contribution is 2.40. The van der Waals surface area contributed by atoms with Gasteiger partial charge in [-0.05, 0) is 42.9 Å². The van der Waals surface area contributed by atoms with Gasteiger partial charge in [-0.25, -0.2) is 0 Å². The summed E-state index contributed by atoms with van der Waals surface area (Å²) in [5.41, 5.74) is 1.39. The first-order valence-electron chi connectivity index (χ1n) is 8.06. The van der Waals surface area contributed by atoms with Gasteiger partial charge in [-0.2, -0.15) is 0 Å². The molecule has 0 heterocycles. The van der Waals surface area contributed by atoms with Crippen LogP contribution in [0.3, 0.4) is 0 Å². The lowest BCUT2D eigenvalue weighted by Gasteiger charge is -2.26. The number of methoxy groups -OCH3 is 1. The van der Waals surface area contributed by atoms with Crippen LogP contribution in [0.15, 0.2) is 24.3 Å². The molecule has 1 aliphatic carbocycles. The molecule has 0 aliphatic heterocycles. The van der Waals surface area contributed by atoms with Crippen LogP contribution >= 0.6 is 0 Å². The zero-order valence-electron chi connectivity index (χ0n) is 13.2. The van der Waals surface area contributed by atoms with Crippen LogP contribution in [-0.2, 0) is 0 Å². The van der Waals surface area contributed by atoms with E-state index in [1.807, 2.05) is 0 Å². The van der Waals surface area contributed by atoms with Gasteiger partial charge in [0.15, 0.2) is 0 Å². The molecule has 1 unspecified atom stereocenters. The molecule has 0 amide bonds. The second-order valence-electron chi connectivity index (χ2n) is 6.45. The molecule has 2 heteroatoms. The second kappa shape index (κ2) is 7.68. The van der Waals surface area contributed by atoms with Crippen molar-refractivity contribution in [2.75, 3.05) is 20.2 Å². The fraction of sp³-hybridized carbons (Fsp3) is 0.667. The Balaban J connectivity index is 2.12. The van der Waals surface area contributed by atoms with E-state index in [0.717, 1.165) is 24.8 Å². The summed E-state index contributed by atoms with van der Waals surface area (Å²) in [6, 6.07) is 8.55. The van der Waals surface area contributed by atoms with E-state index in [9.17, 15) is 0 Å². The molecule has 2 rings (SSSR count). The molecule has 20 heavy (non-hydrogen) atoms. The van der Waals surface area contributed by atoms with Gasteiger partial charge in [0.05, 0.1) is 7.11 Å². The summed E-state index contributed by atoms with van der Waals surface area (Å²) in [6.45, 7) is 6.70. The fourth-order valence-electron chi connectivity index (χ4n) is 3.39. The molecule has 112 valence electrons. The summed E-state index contributed by atoms with van der Waals surface area (Å²) < 4.78 is 5.59. The predicted octanol–water partition coefficient (Wildman–Crippen LogP) is 4.21. The van der Waals surface area contributed by atoms with E-state index in [1.165, 1.54) is 31.2 Å². The first-order chi connectivity index (χ1) is 9.72. The third-order valence-electron chi connectivity index (χ3n) is 4.42. The van der Waals surface area contributed by atoms with Gasteiger partial charge in [0.25, 0.3) is 0 Å². The Labute approximate surface area is 123 Å². The Morgan fingerprint density at radius 2 is 1.85 bits per heavy atom. The molecule has 1 N–H and O–H groups in total. The fourth-order valence-corrected chi connectivity index (χ4v) is 3.39. The maximum Gasteiger partial charge on any atom is 0.122 e. The number of hydrogen-bond acceptors (Lipinski definition) is 2. The van der Waals surface area contributed by atoms with E-state index < -0.39 is 0 Å². The maximum atomic E-state index is 5.59. The van der Waals surface area contributed by atoms with Gasteiger partial charge in [-0.15, -0.1) is 0 Å². The number of ether oxygens (including phenoxy) is 1. The second-order valence-corrected chi connectivity index (χ2v) is 6.45. The van der Waals surface area contributed by atoms with E-state index in [0.29, 0.717) is 11.8 Å². The third-order valence-corrected chi connectivity index (χ3v) is 4.42. The van der Waals surface area contributed by atoms with Crippen LogP contribution in [0.25, 0.3) is 0 Å². The van der Waals surface area contributed by atoms with Crippen molar-refractivity contribution in [3.8, 4) is 5.75 Å². The lowest BCUT2D eigenvalue weighted by Crippen LogP contribution is -2.28. The van der Waals surface area contributed by atoms with Crippen molar-refractivity contribution < 1.29 is 4.74 Å². The highest BCUT2D eigenvalue weighted by molar-refractivity contribution is 5.37. The van der Waals surface area contributed by atoms with Gasteiger partial charge in [0.1, 0.15) is 5.75 Å². The maximum absolute atomic E-state index is 5.59. The van der Waals surface area contributed by atoms with E-state index in [4.69, 9.17) is 4.74 Å². The molecular weight excluding hydrogens is 246 g/mol. The topological polar surface area (TPSA) is 21.3 Å². The summed E-state index contributed by atoms with van der Waals surface area (Å²) in [5.74, 6) is 3.16. The summed E-state index contributed by atoms with van der Waals surface area (Å²) >= 11 is 0. The lowest BCUT2D eigenvalue weighted by molar-refractivity contribution is 0.369. The quantitative estimate of drug-likeness (QED) is 0.804. The molecular formula is C18H29NO. The van der Waals surface area contributed by atoms with Crippen LogP contribution in [0, 0.1) is 11.8 Å². The molecule has 2 nitrogen and oxygen atoms in total. The van der Waals surface area contributed by atoms with Crippen molar-refractivity contribution in [3.05, 3.63) is 29.8 Å². The summed E-state index contributed by atoms with van der Waals surface area (Å²) in [4.78, 5) is 0. The van der Waals surface area contributed by atoms with E-state index in [2.05, 4.69) is 43.4 Å². The third kappa shape index (κ3) is 3.99. The molecule has 1 aromatic rings. The Hall–Kier alpha value is -1.02. The first kappa shape index (κ1) is 15.4. The highest BCUT2D eigenvalue weighted by atomic mass is 16.5. The van der Waals surface area contributed by atoms with E-state index in [-0.39, 0.29) is 0 Å². The number of benzene rings is 1. The van der Waals surface area contributed by atoms with Crippen LogP contribution < -0.4 is 10.1 Å². The minimum Gasteiger partial charge on any atom is -0.496 e. The van der Waals surface area contributed by atoms with Crippen molar-refractivity contribution in [3.63, 3.8) is 0 Å². The van der Waals surface area contributed by atoms with Crippen LogP contribution in [0.4, 0.5) is 0 Å². The number of hydrogen-bond donors (Lipinski definition) is 1. The normalized spacial score (nSPS) is 17.6. The molecule has 0 radical (unpaired) electrons. The molecule has 1 aliphatic rings. The van der Waals surface area contributed by atoms with Crippen molar-refractivity contribution in [1.82, 2.24) is 5.32 Å². The molecule has 1 atom stereocenters. The molecule has 0 spiro atoms. The van der Waals surface area contributed by atoms with Gasteiger partial charge in [0, 0.05) is 12.5 Å². The van der Waals surface area contributed by atoms with Gasteiger partial charge >= 0.3 is 0 Å². The minimum absolute atomic E-state index is 0.590. The standard InChI is InChI=1S/C18H29NO/c1-14(2)12-19-13-17(15-8-4-5-9-15)16-10-6-7-11-18(16)20-3/h6-7,10-11,14-15,17,19H,4-5,8-9,12-13H2,1-3H3. The predicted molar refractivity (Wildman–Crippen MR) is 85.4 cm³/mol. The molecule has 0 saturated heterocycles. The lowest BCUT2D eigenvalue weighted by atomic mass is 9.84. The van der Waals surface area contributed by atoms with Crippen LogP contribution in [0.1, 0.15) is 51.0 Å². The zero-order chi connectivity index (χ0) is 14.4. The number of nitrogens with one attached hydrogen (secondary N) is 1. The van der Waals surface area contributed by atoms with Crippen molar-refractivity contribution in [2.45, 2.75) is 45.4 Å². The summed E-state index contributed by atoms with van der Waals surface area (Å²) in [6.07, 6.45) is 5.51. The number of rotatable bonds is 7. The van der Waals surface area contributed by atoms with Crippen molar-refractivity contribution >= 4 is 0 Å². The monoisotopic (exact) mass is 275 g/mol. The Morgan fingerprint density at radius 1 is 1.15 bits per heavy atom. The highest BCUT2D eigenvalue weighted by Gasteiger charge is 2.27. The molecule has 1 fully saturated rings. The average molecular weight is 275 g/mol. The van der Waals surface area contributed by atoms with Gasteiger partial charge < -0.3 is 10.1 Å². The molecule has 0 aromatic heterocycles. The van der Waals surface area contributed by atoms with Crippen LogP contribution in [0.2, 0.25) is 0 Å². The van der Waals surface area contributed by atoms with Crippen molar-refractivity contribution in [1.29, 1.82) is 0 Å². The van der Waals surface area contributed by atoms with Gasteiger partial charge in [0.2, 0.25) is 0 Å². The minimum atomic E-state index is 0.590. The van der Waals surface area contributed by atoms with Crippen LogP contribution in [-0.4, -0.2) is 20.2 Å². The van der Waals surface area contributed by atoms with Crippen molar-refractivity contribution in [2.24, 2.45) is 11.8 Å². The van der Waals surface area contributed by atoms with E-state index in [1.54, 1.807) is 7.11 Å². The summed E-state index contributed by atoms with van der Waals surface area (Å²) in [7, 11) is 1.78. The summed E-state index contributed by atoms with van der Waals surface area (Å²) in [5, 5.41) is 3.66. The van der Waals surface area contributed by atoms with Gasteiger partial charge in [-0.3, -0.25) is 0 Å². The Kier molecular flexibility index (Phi) is 5.90. The van der Waals surface area contributed by atoms with E-state index >= 15 is 0 Å². The first-order valence-corrected chi connectivity index (χ1v) is 8.06. The Morgan fingerprint density at radius 3 is 2.50 bits per heavy atom. The smallest absolute Gasteiger partial charge is 0.122 e. The molecule has 0 bridgehead atoms. The largest absolute Gasteiger partial charge is 0.496 e. The zero-order valence-corrected chi connectivity index (χ0v) is 13.2. The average Bonchev–Trinajstić information content (AvgIpc) is 2.97. The van der Waals surface area contributed by atoms with Gasteiger partial charge in [-0.1, -0.05) is 44.9 Å². The molecule has 1 aromatic carbocycles. The van der Waals surface area contributed by atoms with Crippen LogP contribution in [0.5, 0.6) is 5.75 Å².